The third-order valence-corrected chi connectivity index (χ3v) is 5.69. The topological polar surface area (TPSA) is 113 Å². The number of thioether (sulfide) groups is 1. The Morgan fingerprint density at radius 3 is 2.62 bits per heavy atom. The summed E-state index contributed by atoms with van der Waals surface area (Å²) >= 11 is 1.35. The van der Waals surface area contributed by atoms with Gasteiger partial charge in [-0.2, -0.15) is 0 Å². The second kappa shape index (κ2) is 10.6. The number of aromatic amines is 1. The van der Waals surface area contributed by atoms with Crippen LogP contribution in [0.15, 0.2) is 82.7 Å². The largest absolute Gasteiger partial charge is 0.303 e. The van der Waals surface area contributed by atoms with Crippen molar-refractivity contribution in [2.45, 2.75) is 6.04 Å². The number of rotatable bonds is 9. The molecule has 0 fully saturated rings. The van der Waals surface area contributed by atoms with Gasteiger partial charge >= 0.3 is 0 Å². The summed E-state index contributed by atoms with van der Waals surface area (Å²) < 4.78 is 0. The van der Waals surface area contributed by atoms with Crippen LogP contribution in [0.25, 0.3) is 0 Å². The Bertz CT molecular complexity index is 1150. The summed E-state index contributed by atoms with van der Waals surface area (Å²) in [6.45, 7) is 0.576. The lowest BCUT2D eigenvalue weighted by molar-refractivity contribution is -0.114. The maximum absolute atomic E-state index is 11.9. The molecule has 32 heavy (non-hydrogen) atoms. The molecule has 1 aromatic heterocycles. The fourth-order valence-corrected chi connectivity index (χ4v) is 3.92. The van der Waals surface area contributed by atoms with E-state index in [0.717, 1.165) is 16.8 Å². The summed E-state index contributed by atoms with van der Waals surface area (Å²) in [5.74, 6) is 0.885. The molecule has 0 bridgehead atoms. The van der Waals surface area contributed by atoms with E-state index in [1.165, 1.54) is 30.0 Å². The molecule has 1 atom stereocenters. The van der Waals surface area contributed by atoms with Crippen LogP contribution in [-0.4, -0.2) is 50.7 Å². The Labute approximate surface area is 188 Å². The summed E-state index contributed by atoms with van der Waals surface area (Å²) in [6, 6.07) is 17.5. The van der Waals surface area contributed by atoms with Crippen LogP contribution in [0.3, 0.4) is 0 Å². The maximum Gasteiger partial charge on any atom is 0.192 e. The van der Waals surface area contributed by atoms with Gasteiger partial charge in [-0.05, 0) is 45.8 Å². The molecule has 0 saturated carbocycles. The van der Waals surface area contributed by atoms with Crippen LogP contribution in [0, 0.1) is 0 Å². The van der Waals surface area contributed by atoms with Crippen molar-refractivity contribution in [1.29, 1.82) is 0 Å². The lowest BCUT2D eigenvalue weighted by Crippen LogP contribution is -2.26. The molecular formula is C23H20N6O2S. The number of nitrogens with one attached hydrogen (secondary N) is 2. The number of H-pyrrole nitrogens is 1. The molecule has 0 saturated heterocycles. The van der Waals surface area contributed by atoms with Crippen molar-refractivity contribution < 1.29 is 9.59 Å². The average Bonchev–Trinajstić information content (AvgIpc) is 3.36. The van der Waals surface area contributed by atoms with E-state index in [1.54, 1.807) is 0 Å². The lowest BCUT2D eigenvalue weighted by Gasteiger charge is -2.16. The minimum atomic E-state index is -0.254. The Morgan fingerprint density at radius 2 is 1.88 bits per heavy atom. The molecule has 1 aliphatic rings. The number of carbonyl (C=O) groups excluding carboxylic acids is 2. The molecule has 9 heteroatoms. The van der Waals surface area contributed by atoms with E-state index in [1.807, 2.05) is 60.8 Å². The predicted molar refractivity (Wildman–Crippen MR) is 124 cm³/mol. The van der Waals surface area contributed by atoms with Gasteiger partial charge in [0.1, 0.15) is 0 Å². The number of carbonyl (C=O) groups is 2. The quantitative estimate of drug-likeness (QED) is 0.296. The number of nitrogens with zero attached hydrogens (tertiary/aromatic N) is 4. The first-order valence-corrected chi connectivity index (χ1v) is 10.9. The molecule has 1 heterocycles. The van der Waals surface area contributed by atoms with Crippen LogP contribution in [0.2, 0.25) is 0 Å². The first-order chi connectivity index (χ1) is 15.7. The lowest BCUT2D eigenvalue weighted by atomic mass is 10.1. The zero-order valence-corrected chi connectivity index (χ0v) is 17.8. The molecule has 0 radical (unpaired) electrons. The zero-order valence-electron chi connectivity index (χ0n) is 17.0. The number of allylic oxidation sites excluding steroid dienone is 4. The number of tetrazole rings is 1. The fourth-order valence-electron chi connectivity index (χ4n) is 3.07. The van der Waals surface area contributed by atoms with Gasteiger partial charge in [-0.25, -0.2) is 5.10 Å². The van der Waals surface area contributed by atoms with Crippen LogP contribution in [0.4, 0.5) is 5.69 Å². The van der Waals surface area contributed by atoms with E-state index < -0.39 is 0 Å². The Kier molecular flexibility index (Phi) is 7.11. The van der Waals surface area contributed by atoms with Crippen molar-refractivity contribution in [3.8, 4) is 0 Å². The monoisotopic (exact) mass is 444 g/mol. The van der Waals surface area contributed by atoms with Gasteiger partial charge in [0.25, 0.3) is 0 Å². The van der Waals surface area contributed by atoms with Crippen molar-refractivity contribution in [3.05, 3.63) is 94.7 Å². The number of hydrogen-bond donors (Lipinski definition) is 2. The molecule has 0 amide bonds. The van der Waals surface area contributed by atoms with Gasteiger partial charge in [0, 0.05) is 24.6 Å². The minimum absolute atomic E-state index is 0.141. The second-order valence-corrected chi connectivity index (χ2v) is 8.03. The summed E-state index contributed by atoms with van der Waals surface area (Å²) in [5, 5.41) is 17.6. The van der Waals surface area contributed by atoms with Crippen molar-refractivity contribution in [1.82, 2.24) is 25.9 Å². The van der Waals surface area contributed by atoms with E-state index in [0.29, 0.717) is 23.0 Å². The molecular weight excluding hydrogens is 424 g/mol. The number of aliphatic imine (C=N–C) groups is 1. The van der Waals surface area contributed by atoms with E-state index in [2.05, 4.69) is 30.9 Å². The van der Waals surface area contributed by atoms with Crippen molar-refractivity contribution >= 4 is 35.2 Å². The third-order valence-electron chi connectivity index (χ3n) is 4.65. The number of ketones is 2. The zero-order chi connectivity index (χ0) is 22.2. The Morgan fingerprint density at radius 1 is 1.06 bits per heavy atom. The maximum atomic E-state index is 11.9. The highest BCUT2D eigenvalue weighted by Crippen LogP contribution is 2.23. The molecule has 2 aromatic carbocycles. The molecule has 8 nitrogen and oxygen atoms in total. The van der Waals surface area contributed by atoms with Crippen molar-refractivity contribution in [2.75, 3.05) is 12.3 Å². The van der Waals surface area contributed by atoms with E-state index in [9.17, 15) is 9.59 Å². The highest BCUT2D eigenvalue weighted by molar-refractivity contribution is 8.04. The summed E-state index contributed by atoms with van der Waals surface area (Å²) in [7, 11) is 0. The van der Waals surface area contributed by atoms with Crippen LogP contribution >= 0.6 is 11.8 Å². The summed E-state index contributed by atoms with van der Waals surface area (Å²) in [5.41, 5.74) is 2.84. The number of hydrogen-bond acceptors (Lipinski definition) is 8. The summed E-state index contributed by atoms with van der Waals surface area (Å²) in [4.78, 5) is 28.3. The summed E-state index contributed by atoms with van der Waals surface area (Å²) in [6.07, 6.45) is 5.79. The van der Waals surface area contributed by atoms with Gasteiger partial charge in [-0.3, -0.25) is 14.6 Å². The smallest absolute Gasteiger partial charge is 0.192 e. The fraction of sp³-hybridized carbons (Fsp3) is 0.130. The van der Waals surface area contributed by atoms with E-state index >= 15 is 0 Å². The van der Waals surface area contributed by atoms with Gasteiger partial charge in [-0.1, -0.05) is 42.5 Å². The molecule has 2 N–H and O–H groups in total. The molecule has 1 unspecified atom stereocenters. The SMILES string of the molecule is O=C1C=CC(=O)C(SCCNC(c2ccc(/N=C\c3ccccc3)cc2)c2nnn[nH]2)=C1. The van der Waals surface area contributed by atoms with Gasteiger partial charge in [0.2, 0.25) is 0 Å². The van der Waals surface area contributed by atoms with Crippen LogP contribution in [-0.2, 0) is 9.59 Å². The second-order valence-electron chi connectivity index (χ2n) is 6.89. The molecule has 0 aliphatic heterocycles. The molecule has 160 valence electrons. The molecule has 3 aromatic rings. The molecule has 4 rings (SSSR count). The average molecular weight is 445 g/mol. The highest BCUT2D eigenvalue weighted by atomic mass is 32.2. The molecule has 1 aliphatic carbocycles. The van der Waals surface area contributed by atoms with Crippen LogP contribution in [0.1, 0.15) is 23.0 Å². The van der Waals surface area contributed by atoms with Gasteiger partial charge in [-0.15, -0.1) is 16.9 Å². The third kappa shape index (κ3) is 5.71. The van der Waals surface area contributed by atoms with Crippen LogP contribution in [0.5, 0.6) is 0 Å². The van der Waals surface area contributed by atoms with Crippen molar-refractivity contribution in [2.24, 2.45) is 4.99 Å². The van der Waals surface area contributed by atoms with Gasteiger partial charge in [0.05, 0.1) is 16.6 Å². The number of aromatic nitrogens is 4. The van der Waals surface area contributed by atoms with Gasteiger partial charge < -0.3 is 5.32 Å². The first kappa shape index (κ1) is 21.5. The standard InChI is InChI=1S/C23H20N6O2S/c30-19-10-11-20(31)21(14-19)32-13-12-24-22(23-26-28-29-27-23)17-6-8-18(9-7-17)25-15-16-4-2-1-3-5-16/h1-11,14-15,22,24H,12-13H2,(H,26,27,28,29)/b25-15-. The van der Waals surface area contributed by atoms with Crippen LogP contribution < -0.4 is 5.32 Å². The molecule has 0 spiro atoms. The Balaban J connectivity index is 1.39. The predicted octanol–water partition coefficient (Wildman–Crippen LogP) is 2.95. The van der Waals surface area contributed by atoms with E-state index in [4.69, 9.17) is 0 Å². The normalized spacial score (nSPS) is 14.7. The first-order valence-electron chi connectivity index (χ1n) is 9.96. The highest BCUT2D eigenvalue weighted by Gasteiger charge is 2.18. The van der Waals surface area contributed by atoms with Gasteiger partial charge in [0.15, 0.2) is 17.4 Å². The minimum Gasteiger partial charge on any atom is -0.303 e. The Hall–Kier alpha value is -3.69. The number of benzene rings is 2. The van der Waals surface area contributed by atoms with Crippen molar-refractivity contribution in [3.63, 3.8) is 0 Å². The van der Waals surface area contributed by atoms with E-state index in [-0.39, 0.29) is 17.6 Å².